The first-order valence-electron chi connectivity index (χ1n) is 5.05. The van der Waals surface area contributed by atoms with E-state index in [0.717, 1.165) is 4.47 Å². The molecule has 3 N–H and O–H groups in total. The van der Waals surface area contributed by atoms with Gasteiger partial charge in [0.25, 0.3) is 5.91 Å². The fourth-order valence-corrected chi connectivity index (χ4v) is 1.43. The number of benzene rings is 1. The largest absolute Gasteiger partial charge is 0.484 e. The normalized spacial score (nSPS) is 11.7. The molecule has 0 unspecified atom stereocenters. The minimum atomic E-state index is -1.61. The summed E-state index contributed by atoms with van der Waals surface area (Å²) in [7, 11) is 0. The molecule has 0 bridgehead atoms. The predicted octanol–water partition coefficient (Wildman–Crippen LogP) is 0.390. The van der Waals surface area contributed by atoms with Crippen molar-refractivity contribution in [1.82, 2.24) is 5.32 Å². The van der Waals surface area contributed by atoms with Gasteiger partial charge in [-0.25, -0.2) is 4.79 Å². The molecule has 1 amide bonds. The van der Waals surface area contributed by atoms with E-state index in [1.54, 1.807) is 18.2 Å². The van der Waals surface area contributed by atoms with Gasteiger partial charge in [0, 0.05) is 4.47 Å². The number of hydrogen-bond acceptors (Lipinski definition) is 4. The Morgan fingerprint density at radius 2 is 2.17 bits per heavy atom. The van der Waals surface area contributed by atoms with Crippen molar-refractivity contribution < 1.29 is 24.5 Å². The molecule has 0 aliphatic heterocycles. The maximum atomic E-state index is 11.3. The van der Waals surface area contributed by atoms with Gasteiger partial charge in [-0.05, 0) is 18.2 Å². The molecule has 0 aliphatic carbocycles. The number of halogens is 1. The summed E-state index contributed by atoms with van der Waals surface area (Å²) >= 11 is 3.26. The van der Waals surface area contributed by atoms with Crippen LogP contribution in [0.1, 0.15) is 0 Å². The van der Waals surface area contributed by atoms with Crippen molar-refractivity contribution in [2.45, 2.75) is 6.10 Å². The highest BCUT2D eigenvalue weighted by atomic mass is 79.9. The van der Waals surface area contributed by atoms with Gasteiger partial charge in [-0.15, -0.1) is 0 Å². The Morgan fingerprint density at radius 3 is 2.78 bits per heavy atom. The van der Waals surface area contributed by atoms with Crippen molar-refractivity contribution in [1.29, 1.82) is 0 Å². The molecule has 1 aromatic rings. The molecule has 0 fully saturated rings. The first-order chi connectivity index (χ1) is 8.49. The van der Waals surface area contributed by atoms with Crippen LogP contribution in [0.2, 0.25) is 0 Å². The number of carboxylic acid groups (broad SMARTS) is 1. The SMILES string of the molecule is O=C(COc1cccc(Br)c1)NC[C@H](O)C(=O)O. The van der Waals surface area contributed by atoms with Gasteiger partial charge in [-0.1, -0.05) is 22.0 Å². The average Bonchev–Trinajstić information content (AvgIpc) is 2.33. The maximum Gasteiger partial charge on any atom is 0.334 e. The van der Waals surface area contributed by atoms with Crippen molar-refractivity contribution in [2.75, 3.05) is 13.2 Å². The Labute approximate surface area is 112 Å². The van der Waals surface area contributed by atoms with E-state index in [2.05, 4.69) is 21.2 Å². The molecule has 7 heteroatoms. The molecule has 0 heterocycles. The first kappa shape index (κ1) is 14.5. The molecule has 6 nitrogen and oxygen atoms in total. The molecular formula is C11H12BrNO5. The van der Waals surface area contributed by atoms with Crippen molar-refractivity contribution >= 4 is 27.8 Å². The number of ether oxygens (including phenoxy) is 1. The van der Waals surface area contributed by atoms with E-state index in [1.165, 1.54) is 0 Å². The third kappa shape index (κ3) is 5.15. The van der Waals surface area contributed by atoms with Crippen LogP contribution >= 0.6 is 15.9 Å². The molecule has 98 valence electrons. The highest BCUT2D eigenvalue weighted by Crippen LogP contribution is 2.17. The van der Waals surface area contributed by atoms with Gasteiger partial charge >= 0.3 is 5.97 Å². The van der Waals surface area contributed by atoms with Gasteiger partial charge in [-0.3, -0.25) is 4.79 Å². The summed E-state index contributed by atoms with van der Waals surface area (Å²) in [5, 5.41) is 19.6. The van der Waals surface area contributed by atoms with Gasteiger partial charge in [0.1, 0.15) is 5.75 Å². The number of carbonyl (C=O) groups is 2. The molecule has 1 atom stereocenters. The molecular weight excluding hydrogens is 306 g/mol. The third-order valence-electron chi connectivity index (χ3n) is 1.94. The van der Waals surface area contributed by atoms with Crippen LogP contribution in [0.4, 0.5) is 0 Å². The lowest BCUT2D eigenvalue weighted by Crippen LogP contribution is -2.38. The van der Waals surface area contributed by atoms with Crippen molar-refractivity contribution in [3.63, 3.8) is 0 Å². The Kier molecular flexibility index (Phi) is 5.60. The molecule has 0 aromatic heterocycles. The Balaban J connectivity index is 2.31. The minimum Gasteiger partial charge on any atom is -0.484 e. The van der Waals surface area contributed by atoms with Crippen LogP contribution in [0.15, 0.2) is 28.7 Å². The fourth-order valence-electron chi connectivity index (χ4n) is 1.05. The first-order valence-corrected chi connectivity index (χ1v) is 5.84. The number of amides is 1. The van der Waals surface area contributed by atoms with Crippen LogP contribution in [0.5, 0.6) is 5.75 Å². The molecule has 1 rings (SSSR count). The summed E-state index contributed by atoms with van der Waals surface area (Å²) in [6.07, 6.45) is -1.61. The number of nitrogens with one attached hydrogen (secondary N) is 1. The van der Waals surface area contributed by atoms with Crippen LogP contribution in [0.3, 0.4) is 0 Å². The number of aliphatic hydroxyl groups is 1. The van der Waals surface area contributed by atoms with Gasteiger partial charge < -0.3 is 20.3 Å². The summed E-state index contributed by atoms with van der Waals surface area (Å²) in [6, 6.07) is 6.95. The van der Waals surface area contributed by atoms with Crippen LogP contribution < -0.4 is 10.1 Å². The highest BCUT2D eigenvalue weighted by molar-refractivity contribution is 9.10. The second-order valence-electron chi connectivity index (χ2n) is 3.40. The number of aliphatic carboxylic acids is 1. The zero-order chi connectivity index (χ0) is 13.5. The Bertz CT molecular complexity index is 437. The van der Waals surface area contributed by atoms with Crippen LogP contribution in [-0.2, 0) is 9.59 Å². The minimum absolute atomic E-state index is 0.247. The summed E-state index contributed by atoms with van der Waals surface area (Å²) in [6.45, 7) is -0.598. The number of hydrogen-bond donors (Lipinski definition) is 3. The lowest BCUT2D eigenvalue weighted by molar-refractivity contribution is -0.146. The van der Waals surface area contributed by atoms with E-state index in [4.69, 9.17) is 14.9 Å². The number of carboxylic acids is 1. The van der Waals surface area contributed by atoms with Crippen LogP contribution in [0, 0.1) is 0 Å². The number of aliphatic hydroxyl groups excluding tert-OH is 1. The van der Waals surface area contributed by atoms with Crippen LogP contribution in [0.25, 0.3) is 0 Å². The molecule has 0 saturated heterocycles. The van der Waals surface area contributed by atoms with Gasteiger partial charge in [0.15, 0.2) is 12.7 Å². The van der Waals surface area contributed by atoms with Crippen molar-refractivity contribution in [3.8, 4) is 5.75 Å². The van der Waals surface area contributed by atoms with E-state index >= 15 is 0 Å². The van der Waals surface area contributed by atoms with E-state index in [0.29, 0.717) is 5.75 Å². The molecule has 0 radical (unpaired) electrons. The second kappa shape index (κ2) is 6.97. The summed E-state index contributed by atoms with van der Waals surface area (Å²) in [5.41, 5.74) is 0. The van der Waals surface area contributed by atoms with Gasteiger partial charge in [0.05, 0.1) is 6.54 Å². The quantitative estimate of drug-likeness (QED) is 0.705. The standard InChI is InChI=1S/C11H12BrNO5/c12-7-2-1-3-8(4-7)18-6-10(15)13-5-9(14)11(16)17/h1-4,9,14H,5-6H2,(H,13,15)(H,16,17)/t9-/m0/s1. The van der Waals surface area contributed by atoms with Crippen LogP contribution in [-0.4, -0.2) is 41.3 Å². The van der Waals surface area contributed by atoms with Gasteiger partial charge in [-0.2, -0.15) is 0 Å². The summed E-state index contributed by atoms with van der Waals surface area (Å²) < 4.78 is 5.99. The summed E-state index contributed by atoms with van der Waals surface area (Å²) in [5.74, 6) is -1.38. The maximum absolute atomic E-state index is 11.3. The fraction of sp³-hybridized carbons (Fsp3) is 0.273. The van der Waals surface area contributed by atoms with Crippen molar-refractivity contribution in [3.05, 3.63) is 28.7 Å². The topological polar surface area (TPSA) is 95.9 Å². The second-order valence-corrected chi connectivity index (χ2v) is 4.32. The summed E-state index contributed by atoms with van der Waals surface area (Å²) in [4.78, 5) is 21.6. The Hall–Kier alpha value is -1.60. The number of carbonyl (C=O) groups excluding carboxylic acids is 1. The lowest BCUT2D eigenvalue weighted by atomic mass is 10.3. The van der Waals surface area contributed by atoms with E-state index in [9.17, 15) is 9.59 Å². The van der Waals surface area contributed by atoms with E-state index in [-0.39, 0.29) is 13.2 Å². The average molecular weight is 318 g/mol. The zero-order valence-electron chi connectivity index (χ0n) is 9.30. The monoisotopic (exact) mass is 317 g/mol. The third-order valence-corrected chi connectivity index (χ3v) is 2.44. The van der Waals surface area contributed by atoms with E-state index < -0.39 is 18.0 Å². The zero-order valence-corrected chi connectivity index (χ0v) is 10.9. The molecule has 0 aliphatic rings. The highest BCUT2D eigenvalue weighted by Gasteiger charge is 2.14. The molecule has 1 aromatic carbocycles. The molecule has 18 heavy (non-hydrogen) atoms. The van der Waals surface area contributed by atoms with Gasteiger partial charge in [0.2, 0.25) is 0 Å². The molecule has 0 saturated carbocycles. The number of rotatable bonds is 6. The molecule has 0 spiro atoms. The Morgan fingerprint density at radius 1 is 1.44 bits per heavy atom. The van der Waals surface area contributed by atoms with E-state index in [1.807, 2.05) is 6.07 Å². The predicted molar refractivity (Wildman–Crippen MR) is 66.3 cm³/mol. The smallest absolute Gasteiger partial charge is 0.334 e. The lowest BCUT2D eigenvalue weighted by Gasteiger charge is -2.09. The van der Waals surface area contributed by atoms with Crippen molar-refractivity contribution in [2.24, 2.45) is 0 Å².